The molecule has 2 aromatic rings. The Morgan fingerprint density at radius 2 is 1.77 bits per heavy atom. The highest BCUT2D eigenvalue weighted by Gasteiger charge is 2.20. The Bertz CT molecular complexity index is 778. The number of hydrogen-bond acceptors (Lipinski definition) is 6. The minimum Gasteiger partial charge on any atom is -0.477 e. The van der Waals surface area contributed by atoms with Crippen molar-refractivity contribution in [2.75, 3.05) is 13.7 Å². The van der Waals surface area contributed by atoms with E-state index >= 15 is 0 Å². The molecule has 0 heterocycles. The molecule has 2 aromatic carbocycles. The molecule has 0 spiro atoms. The third-order valence-electron chi connectivity index (χ3n) is 3.56. The molecule has 26 heavy (non-hydrogen) atoms. The van der Waals surface area contributed by atoms with Gasteiger partial charge in [-0.05, 0) is 11.6 Å². The lowest BCUT2D eigenvalue weighted by atomic mass is 10.0. The smallest absolute Gasteiger partial charge is 0.310 e. The van der Waals surface area contributed by atoms with Gasteiger partial charge >= 0.3 is 11.7 Å². The minimum absolute atomic E-state index is 0.00289. The van der Waals surface area contributed by atoms with Gasteiger partial charge < -0.3 is 14.8 Å². The number of nitrogens with zero attached hydrogens (tertiary/aromatic N) is 1. The van der Waals surface area contributed by atoms with Crippen LogP contribution in [0.3, 0.4) is 0 Å². The Labute approximate surface area is 149 Å². The van der Waals surface area contributed by atoms with Gasteiger partial charge in [-0.2, -0.15) is 0 Å². The van der Waals surface area contributed by atoms with Gasteiger partial charge in [-0.25, -0.2) is 0 Å². The number of nitro benzene ring substituents is 1. The van der Waals surface area contributed by atoms with E-state index in [1.807, 2.05) is 6.07 Å². The van der Waals surface area contributed by atoms with Crippen LogP contribution in [0.25, 0.3) is 0 Å². The maximum Gasteiger partial charge on any atom is 0.310 e. The second kappa shape index (κ2) is 9.16. The van der Waals surface area contributed by atoms with Gasteiger partial charge in [0.25, 0.3) is 5.91 Å². The van der Waals surface area contributed by atoms with Crippen LogP contribution in [0.15, 0.2) is 54.6 Å². The molecule has 136 valence electrons. The predicted octanol–water partition coefficient (Wildman–Crippen LogP) is 2.39. The zero-order valence-corrected chi connectivity index (χ0v) is 14.1. The van der Waals surface area contributed by atoms with Gasteiger partial charge in [-0.15, -0.1) is 0 Å². The van der Waals surface area contributed by atoms with E-state index in [4.69, 9.17) is 4.74 Å². The van der Waals surface area contributed by atoms with Gasteiger partial charge in [-0.1, -0.05) is 42.5 Å². The number of methoxy groups -OCH3 is 1. The summed E-state index contributed by atoms with van der Waals surface area (Å²) in [5.41, 5.74) is 0.506. The normalized spacial score (nSPS) is 11.3. The van der Waals surface area contributed by atoms with Crippen molar-refractivity contribution in [2.24, 2.45) is 0 Å². The molecule has 1 amide bonds. The van der Waals surface area contributed by atoms with E-state index in [9.17, 15) is 19.7 Å². The van der Waals surface area contributed by atoms with E-state index in [0.717, 1.165) is 5.56 Å². The van der Waals surface area contributed by atoms with Crippen LogP contribution in [0.5, 0.6) is 5.75 Å². The van der Waals surface area contributed by atoms with E-state index in [2.05, 4.69) is 10.1 Å². The van der Waals surface area contributed by atoms with Crippen molar-refractivity contribution in [1.82, 2.24) is 5.32 Å². The molecule has 0 bridgehead atoms. The fourth-order valence-electron chi connectivity index (χ4n) is 2.30. The summed E-state index contributed by atoms with van der Waals surface area (Å²) in [4.78, 5) is 34.2. The van der Waals surface area contributed by atoms with Crippen LogP contribution in [0.4, 0.5) is 5.69 Å². The number of nitro groups is 1. The van der Waals surface area contributed by atoms with Crippen LogP contribution in [0.2, 0.25) is 0 Å². The van der Waals surface area contributed by atoms with Gasteiger partial charge in [0.1, 0.15) is 0 Å². The molecule has 2 rings (SSSR count). The second-order valence-electron chi connectivity index (χ2n) is 5.32. The standard InChI is InChI=1S/C18H18N2O6/c1-25-18(22)11-14(13-7-3-2-4-8-13)19-17(21)12-26-16-10-6-5-9-15(16)20(23)24/h2-10,14H,11-12H2,1H3,(H,19,21). The fourth-order valence-corrected chi connectivity index (χ4v) is 2.30. The van der Waals surface area contributed by atoms with Gasteiger partial charge in [0.2, 0.25) is 0 Å². The molecule has 0 aromatic heterocycles. The Morgan fingerprint density at radius 3 is 2.42 bits per heavy atom. The van der Waals surface area contributed by atoms with E-state index in [0.29, 0.717) is 0 Å². The lowest BCUT2D eigenvalue weighted by Crippen LogP contribution is -2.34. The van der Waals surface area contributed by atoms with Crippen LogP contribution >= 0.6 is 0 Å². The van der Waals surface area contributed by atoms with E-state index in [1.165, 1.54) is 25.3 Å². The average molecular weight is 358 g/mol. The molecule has 1 unspecified atom stereocenters. The summed E-state index contributed by atoms with van der Waals surface area (Å²) in [6.07, 6.45) is -0.0439. The number of hydrogen-bond donors (Lipinski definition) is 1. The Morgan fingerprint density at radius 1 is 1.12 bits per heavy atom. The summed E-state index contributed by atoms with van der Waals surface area (Å²) in [5, 5.41) is 13.6. The van der Waals surface area contributed by atoms with Crippen molar-refractivity contribution in [3.05, 3.63) is 70.3 Å². The fraction of sp³-hybridized carbons (Fsp3) is 0.222. The van der Waals surface area contributed by atoms with E-state index < -0.39 is 29.4 Å². The molecule has 0 aliphatic carbocycles. The first-order valence-electron chi connectivity index (χ1n) is 7.78. The molecule has 0 fully saturated rings. The number of carbonyl (C=O) groups is 2. The number of para-hydroxylation sites is 2. The lowest BCUT2D eigenvalue weighted by molar-refractivity contribution is -0.385. The van der Waals surface area contributed by atoms with E-state index in [-0.39, 0.29) is 17.9 Å². The Kier molecular flexibility index (Phi) is 6.67. The molecule has 0 radical (unpaired) electrons. The van der Waals surface area contributed by atoms with Gasteiger partial charge in [0.05, 0.1) is 24.5 Å². The van der Waals surface area contributed by atoms with Crippen molar-refractivity contribution in [1.29, 1.82) is 0 Å². The van der Waals surface area contributed by atoms with Crippen molar-refractivity contribution in [3.63, 3.8) is 0 Å². The van der Waals surface area contributed by atoms with Gasteiger partial charge in [0, 0.05) is 6.07 Å². The summed E-state index contributed by atoms with van der Waals surface area (Å²) >= 11 is 0. The zero-order valence-electron chi connectivity index (χ0n) is 14.1. The van der Waals surface area contributed by atoms with Gasteiger partial charge in [-0.3, -0.25) is 19.7 Å². The first-order chi connectivity index (χ1) is 12.5. The number of esters is 1. The lowest BCUT2D eigenvalue weighted by Gasteiger charge is -2.18. The van der Waals surface area contributed by atoms with E-state index in [1.54, 1.807) is 30.3 Å². The number of nitrogens with one attached hydrogen (secondary N) is 1. The molecular formula is C18H18N2O6. The van der Waals surface area contributed by atoms with Crippen molar-refractivity contribution < 1.29 is 24.0 Å². The summed E-state index contributed by atoms with van der Waals surface area (Å²) in [7, 11) is 1.27. The largest absolute Gasteiger partial charge is 0.477 e. The van der Waals surface area contributed by atoms with Crippen molar-refractivity contribution in [3.8, 4) is 5.75 Å². The quantitative estimate of drug-likeness (QED) is 0.441. The summed E-state index contributed by atoms with van der Waals surface area (Å²) in [5.74, 6) is -0.989. The van der Waals surface area contributed by atoms with Crippen molar-refractivity contribution >= 4 is 17.6 Å². The highest BCUT2D eigenvalue weighted by molar-refractivity contribution is 5.79. The molecule has 8 heteroatoms. The number of rotatable bonds is 8. The zero-order chi connectivity index (χ0) is 18.9. The number of benzene rings is 2. The average Bonchev–Trinajstić information content (AvgIpc) is 2.66. The molecule has 1 N–H and O–H groups in total. The summed E-state index contributed by atoms with van der Waals surface area (Å²) < 4.78 is 9.92. The first-order valence-corrected chi connectivity index (χ1v) is 7.78. The van der Waals surface area contributed by atoms with Crippen LogP contribution in [-0.2, 0) is 14.3 Å². The topological polar surface area (TPSA) is 108 Å². The highest BCUT2D eigenvalue weighted by Crippen LogP contribution is 2.25. The molecule has 0 saturated carbocycles. The first kappa shape index (κ1) is 18.9. The summed E-state index contributed by atoms with van der Waals surface area (Å²) in [6.45, 7) is -0.421. The van der Waals surface area contributed by atoms with Crippen LogP contribution in [0, 0.1) is 10.1 Å². The maximum atomic E-state index is 12.2. The summed E-state index contributed by atoms with van der Waals surface area (Å²) in [6, 6.07) is 14.1. The molecule has 1 atom stereocenters. The predicted molar refractivity (Wildman–Crippen MR) is 92.6 cm³/mol. The highest BCUT2D eigenvalue weighted by atomic mass is 16.6. The minimum atomic E-state index is -0.592. The maximum absolute atomic E-state index is 12.2. The molecular weight excluding hydrogens is 340 g/mol. The molecule has 8 nitrogen and oxygen atoms in total. The molecule has 0 aliphatic heterocycles. The Hall–Kier alpha value is -3.42. The Balaban J connectivity index is 2.03. The van der Waals surface area contributed by atoms with Crippen LogP contribution in [-0.4, -0.2) is 30.5 Å². The third kappa shape index (κ3) is 5.30. The second-order valence-corrected chi connectivity index (χ2v) is 5.32. The van der Waals surface area contributed by atoms with Crippen LogP contribution in [0.1, 0.15) is 18.0 Å². The number of ether oxygens (including phenoxy) is 2. The number of amides is 1. The van der Waals surface area contributed by atoms with Crippen LogP contribution < -0.4 is 10.1 Å². The molecule has 0 saturated heterocycles. The third-order valence-corrected chi connectivity index (χ3v) is 3.56. The van der Waals surface area contributed by atoms with Gasteiger partial charge in [0.15, 0.2) is 12.4 Å². The number of carbonyl (C=O) groups excluding carboxylic acids is 2. The monoisotopic (exact) mass is 358 g/mol. The SMILES string of the molecule is COC(=O)CC(NC(=O)COc1ccccc1[N+](=O)[O-])c1ccccc1. The molecule has 0 aliphatic rings. The van der Waals surface area contributed by atoms with Crippen molar-refractivity contribution in [2.45, 2.75) is 12.5 Å².